The highest BCUT2D eigenvalue weighted by Gasteiger charge is 2.53. The SMILES string of the molecule is O=C(c1ccccc1)C(O)c1ccc([C@@H]2C[C@H](NC(=O)C3(c4ccc5c(c4)OC(F)(F)O5)CC3)CCO2)cc1. The van der Waals surface area contributed by atoms with Gasteiger partial charge in [-0.15, -0.1) is 8.78 Å². The van der Waals surface area contributed by atoms with Crippen molar-refractivity contribution in [1.29, 1.82) is 0 Å². The van der Waals surface area contributed by atoms with Gasteiger partial charge in [-0.25, -0.2) is 0 Å². The van der Waals surface area contributed by atoms with Crippen molar-refractivity contribution in [1.82, 2.24) is 5.32 Å². The van der Waals surface area contributed by atoms with E-state index in [1.54, 1.807) is 42.5 Å². The van der Waals surface area contributed by atoms with Gasteiger partial charge in [0, 0.05) is 18.2 Å². The highest BCUT2D eigenvalue weighted by Crippen LogP contribution is 2.52. The Bertz CT molecular complexity index is 1390. The number of hydrogen-bond acceptors (Lipinski definition) is 6. The molecule has 3 atom stereocenters. The zero-order chi connectivity index (χ0) is 27.2. The van der Waals surface area contributed by atoms with Gasteiger partial charge in [-0.2, -0.15) is 0 Å². The number of carbonyl (C=O) groups is 2. The first-order valence-corrected chi connectivity index (χ1v) is 12.9. The summed E-state index contributed by atoms with van der Waals surface area (Å²) in [6.07, 6.45) is -2.79. The van der Waals surface area contributed by atoms with Gasteiger partial charge in [0.05, 0.1) is 11.5 Å². The molecule has 1 amide bonds. The molecule has 202 valence electrons. The molecule has 2 N–H and O–H groups in total. The fraction of sp³-hybridized carbons (Fsp3) is 0.333. The van der Waals surface area contributed by atoms with Gasteiger partial charge in [0.1, 0.15) is 6.10 Å². The van der Waals surface area contributed by atoms with Crippen LogP contribution < -0.4 is 14.8 Å². The number of alkyl halides is 2. The predicted octanol–water partition coefficient (Wildman–Crippen LogP) is 4.99. The number of carbonyl (C=O) groups excluding carboxylic acids is 2. The third kappa shape index (κ3) is 4.99. The van der Waals surface area contributed by atoms with Crippen LogP contribution >= 0.6 is 0 Å². The Morgan fingerprint density at radius 2 is 1.67 bits per heavy atom. The van der Waals surface area contributed by atoms with E-state index in [4.69, 9.17) is 4.74 Å². The second-order valence-corrected chi connectivity index (χ2v) is 10.3. The number of hydrogen-bond donors (Lipinski definition) is 2. The number of rotatable bonds is 7. The van der Waals surface area contributed by atoms with E-state index in [-0.39, 0.29) is 35.3 Å². The molecule has 0 bridgehead atoms. The molecule has 0 spiro atoms. The number of Topliss-reactive ketones (excluding diaryl/α,β-unsaturated/α-hetero) is 1. The highest BCUT2D eigenvalue weighted by atomic mass is 19.3. The minimum absolute atomic E-state index is 0.0461. The predicted molar refractivity (Wildman–Crippen MR) is 136 cm³/mol. The first kappa shape index (κ1) is 25.5. The van der Waals surface area contributed by atoms with Crippen LogP contribution in [0.1, 0.15) is 64.9 Å². The largest absolute Gasteiger partial charge is 0.586 e. The molecule has 2 fully saturated rings. The van der Waals surface area contributed by atoms with Crippen LogP contribution in [0.2, 0.25) is 0 Å². The average molecular weight is 536 g/mol. The molecule has 39 heavy (non-hydrogen) atoms. The first-order valence-electron chi connectivity index (χ1n) is 12.9. The smallest absolute Gasteiger partial charge is 0.395 e. The van der Waals surface area contributed by atoms with Crippen LogP contribution in [-0.4, -0.2) is 35.7 Å². The molecule has 9 heteroatoms. The number of aliphatic hydroxyl groups excluding tert-OH is 1. The van der Waals surface area contributed by atoms with Gasteiger partial charge in [0.2, 0.25) is 5.91 Å². The molecule has 6 rings (SSSR count). The van der Waals surface area contributed by atoms with Gasteiger partial charge in [-0.3, -0.25) is 9.59 Å². The number of ether oxygens (including phenoxy) is 3. The van der Waals surface area contributed by atoms with Crippen molar-refractivity contribution in [2.75, 3.05) is 6.61 Å². The Kier molecular flexibility index (Phi) is 6.35. The Labute approximate surface area is 223 Å². The maximum Gasteiger partial charge on any atom is 0.586 e. The second-order valence-electron chi connectivity index (χ2n) is 10.3. The molecule has 1 aliphatic carbocycles. The van der Waals surface area contributed by atoms with Crippen molar-refractivity contribution in [2.24, 2.45) is 0 Å². The van der Waals surface area contributed by atoms with Crippen LogP contribution in [0.15, 0.2) is 72.8 Å². The topological polar surface area (TPSA) is 94.1 Å². The third-order valence-electron chi connectivity index (χ3n) is 7.69. The molecular weight excluding hydrogens is 508 g/mol. The molecule has 2 heterocycles. The summed E-state index contributed by atoms with van der Waals surface area (Å²) in [5.74, 6) is -0.626. The standard InChI is InChI=1S/C30H27F2NO6/c31-30(32)38-23-11-10-21(16-25(23)39-30)29(13-14-29)28(36)33-22-12-15-37-24(17-22)18-6-8-20(9-7-18)27(35)26(34)19-4-2-1-3-5-19/h1-11,16,22,24,27,35H,12-15,17H2,(H,33,36)/t22-,24+,27?/m1/s1. The molecule has 3 aromatic carbocycles. The van der Waals surface area contributed by atoms with Crippen molar-refractivity contribution in [3.05, 3.63) is 95.1 Å². The van der Waals surface area contributed by atoms with E-state index in [1.807, 2.05) is 18.2 Å². The van der Waals surface area contributed by atoms with Gasteiger partial charge in [-0.1, -0.05) is 60.7 Å². The zero-order valence-electron chi connectivity index (χ0n) is 20.9. The maximum atomic E-state index is 13.4. The molecule has 3 aromatic rings. The van der Waals surface area contributed by atoms with Crippen molar-refractivity contribution >= 4 is 11.7 Å². The van der Waals surface area contributed by atoms with Crippen LogP contribution in [0.25, 0.3) is 0 Å². The van der Waals surface area contributed by atoms with E-state index in [2.05, 4.69) is 14.8 Å². The van der Waals surface area contributed by atoms with E-state index in [0.29, 0.717) is 49.0 Å². The quantitative estimate of drug-likeness (QED) is 0.414. The highest BCUT2D eigenvalue weighted by molar-refractivity contribution is 5.99. The number of fused-ring (bicyclic) bond motifs is 1. The van der Waals surface area contributed by atoms with E-state index >= 15 is 0 Å². The van der Waals surface area contributed by atoms with Gasteiger partial charge in [0.15, 0.2) is 17.3 Å². The summed E-state index contributed by atoms with van der Waals surface area (Å²) in [6.45, 7) is 0.457. The first-order chi connectivity index (χ1) is 18.7. The summed E-state index contributed by atoms with van der Waals surface area (Å²) in [4.78, 5) is 25.9. The Balaban J connectivity index is 1.09. The lowest BCUT2D eigenvalue weighted by Gasteiger charge is -2.31. The van der Waals surface area contributed by atoms with E-state index in [9.17, 15) is 23.5 Å². The van der Waals surface area contributed by atoms with Crippen LogP contribution in [0, 0.1) is 0 Å². The molecule has 1 saturated carbocycles. The normalized spacial score (nSPS) is 23.1. The van der Waals surface area contributed by atoms with Crippen molar-refractivity contribution in [3.8, 4) is 11.5 Å². The zero-order valence-corrected chi connectivity index (χ0v) is 20.9. The monoisotopic (exact) mass is 535 g/mol. The number of halogens is 2. The molecule has 0 aromatic heterocycles. The van der Waals surface area contributed by atoms with Gasteiger partial charge in [-0.05, 0) is 54.5 Å². The number of aliphatic hydroxyl groups is 1. The summed E-state index contributed by atoms with van der Waals surface area (Å²) in [6, 6.07) is 20.1. The van der Waals surface area contributed by atoms with E-state index in [1.165, 1.54) is 12.1 Å². The van der Waals surface area contributed by atoms with Crippen LogP contribution in [0.4, 0.5) is 8.78 Å². The van der Waals surface area contributed by atoms with Gasteiger partial charge >= 0.3 is 6.29 Å². The maximum absolute atomic E-state index is 13.4. The molecule has 3 aliphatic rings. The third-order valence-corrected chi connectivity index (χ3v) is 7.69. The van der Waals surface area contributed by atoms with E-state index in [0.717, 1.165) is 5.56 Å². The van der Waals surface area contributed by atoms with Crippen molar-refractivity contribution < 1.29 is 37.7 Å². The number of ketones is 1. The summed E-state index contributed by atoms with van der Waals surface area (Å²) in [5.41, 5.74) is 1.67. The fourth-order valence-corrected chi connectivity index (χ4v) is 5.31. The summed E-state index contributed by atoms with van der Waals surface area (Å²) in [7, 11) is 0. The minimum atomic E-state index is -3.70. The molecule has 2 aliphatic heterocycles. The number of nitrogens with one attached hydrogen (secondary N) is 1. The lowest BCUT2D eigenvalue weighted by atomic mass is 9.92. The second kappa shape index (κ2) is 9.73. The molecule has 0 radical (unpaired) electrons. The lowest BCUT2D eigenvalue weighted by molar-refractivity contribution is -0.286. The Morgan fingerprint density at radius 1 is 0.949 bits per heavy atom. The summed E-state index contributed by atoms with van der Waals surface area (Å²) < 4.78 is 41.9. The molecular formula is C30H27F2NO6. The summed E-state index contributed by atoms with van der Waals surface area (Å²) >= 11 is 0. The molecule has 7 nitrogen and oxygen atoms in total. The lowest BCUT2D eigenvalue weighted by Crippen LogP contribution is -2.44. The Morgan fingerprint density at radius 3 is 2.38 bits per heavy atom. The van der Waals surface area contributed by atoms with Crippen molar-refractivity contribution in [2.45, 2.75) is 55.6 Å². The van der Waals surface area contributed by atoms with E-state index < -0.39 is 17.8 Å². The minimum Gasteiger partial charge on any atom is -0.395 e. The number of benzene rings is 3. The van der Waals surface area contributed by atoms with Crippen LogP contribution in [-0.2, 0) is 14.9 Å². The Hall–Kier alpha value is -3.82. The fourth-order valence-electron chi connectivity index (χ4n) is 5.31. The van der Waals surface area contributed by atoms with Crippen molar-refractivity contribution in [3.63, 3.8) is 0 Å². The van der Waals surface area contributed by atoms with Crippen LogP contribution in [0.3, 0.4) is 0 Å². The van der Waals surface area contributed by atoms with Crippen LogP contribution in [0.5, 0.6) is 11.5 Å². The van der Waals surface area contributed by atoms with Gasteiger partial charge < -0.3 is 24.6 Å². The molecule has 1 saturated heterocycles. The average Bonchev–Trinajstić information content (AvgIpc) is 3.70. The molecule has 1 unspecified atom stereocenters. The van der Waals surface area contributed by atoms with Gasteiger partial charge in [0.25, 0.3) is 0 Å². The summed E-state index contributed by atoms with van der Waals surface area (Å²) in [5, 5.41) is 13.7. The number of amides is 1.